The molecule has 0 aromatic heterocycles. The molecule has 1 heterocycles. The molecule has 1 atom stereocenters. The molecule has 4 rings (SSSR count). The highest BCUT2D eigenvalue weighted by molar-refractivity contribution is 5.89. The van der Waals surface area contributed by atoms with Gasteiger partial charge in [-0.3, -0.25) is 14.5 Å². The minimum Gasteiger partial charge on any atom is -0.356 e. The van der Waals surface area contributed by atoms with Gasteiger partial charge in [-0.2, -0.15) is 0 Å². The van der Waals surface area contributed by atoms with Crippen molar-refractivity contribution in [3.8, 4) is 0 Å². The van der Waals surface area contributed by atoms with E-state index in [1.807, 2.05) is 12.1 Å². The first-order chi connectivity index (χ1) is 15.1. The third-order valence-electron chi connectivity index (χ3n) is 5.69. The predicted molar refractivity (Wildman–Crippen MR) is 119 cm³/mol. The molecule has 6 heteroatoms. The summed E-state index contributed by atoms with van der Waals surface area (Å²) in [5.74, 6) is -0.608. The summed E-state index contributed by atoms with van der Waals surface area (Å²) in [6.07, 6.45) is 0.493. The Morgan fingerprint density at radius 1 is 1.06 bits per heavy atom. The first-order valence-corrected chi connectivity index (χ1v) is 10.6. The maximum absolute atomic E-state index is 13.7. The highest BCUT2D eigenvalue weighted by atomic mass is 19.1. The predicted octanol–water partition coefficient (Wildman–Crippen LogP) is 3.03. The van der Waals surface area contributed by atoms with Gasteiger partial charge in [0.05, 0.1) is 12.5 Å². The number of amides is 2. The maximum atomic E-state index is 13.7. The van der Waals surface area contributed by atoms with E-state index >= 15 is 0 Å². The standard InChI is InChI=1S/C25H26FN3O2/c26-22-8-4-3-6-20(22)11-12-27-24(30)16-23-25(31)28-13-14-29(23)17-18-9-10-19-5-1-2-7-21(19)15-18/h1-10,15,23H,11-14,16-17H2,(H,27,30)(H,28,31). The summed E-state index contributed by atoms with van der Waals surface area (Å²) in [6.45, 7) is 2.19. The lowest BCUT2D eigenvalue weighted by atomic mass is 10.0. The van der Waals surface area contributed by atoms with E-state index in [-0.39, 0.29) is 24.1 Å². The van der Waals surface area contributed by atoms with Gasteiger partial charge in [-0.05, 0) is 40.5 Å². The van der Waals surface area contributed by atoms with Crippen LogP contribution in [0.2, 0.25) is 0 Å². The van der Waals surface area contributed by atoms with Gasteiger partial charge in [-0.1, -0.05) is 54.6 Å². The summed E-state index contributed by atoms with van der Waals surface area (Å²) >= 11 is 0. The van der Waals surface area contributed by atoms with Crippen molar-refractivity contribution in [2.24, 2.45) is 0 Å². The first-order valence-electron chi connectivity index (χ1n) is 10.6. The van der Waals surface area contributed by atoms with Gasteiger partial charge in [0.1, 0.15) is 5.82 Å². The number of fused-ring (bicyclic) bond motifs is 1. The summed E-state index contributed by atoms with van der Waals surface area (Å²) in [5, 5.41) is 8.02. The molecular formula is C25H26FN3O2. The fourth-order valence-electron chi connectivity index (χ4n) is 4.03. The van der Waals surface area contributed by atoms with Crippen LogP contribution >= 0.6 is 0 Å². The molecule has 1 unspecified atom stereocenters. The lowest BCUT2D eigenvalue weighted by molar-refractivity contribution is -0.134. The summed E-state index contributed by atoms with van der Waals surface area (Å²) in [7, 11) is 0. The van der Waals surface area contributed by atoms with Crippen LogP contribution in [-0.2, 0) is 22.6 Å². The van der Waals surface area contributed by atoms with Crippen molar-refractivity contribution in [2.45, 2.75) is 25.4 Å². The number of benzene rings is 3. The Hall–Kier alpha value is -3.25. The molecule has 5 nitrogen and oxygen atoms in total. The van der Waals surface area contributed by atoms with Crippen LogP contribution in [-0.4, -0.2) is 42.4 Å². The molecule has 0 aliphatic carbocycles. The SMILES string of the molecule is O=C(CC1C(=O)NCCN1Cc1ccc2ccccc2c1)NCCc1ccccc1F. The van der Waals surface area contributed by atoms with Crippen molar-refractivity contribution in [1.29, 1.82) is 0 Å². The van der Waals surface area contributed by atoms with Gasteiger partial charge >= 0.3 is 0 Å². The highest BCUT2D eigenvalue weighted by Gasteiger charge is 2.31. The molecule has 1 saturated heterocycles. The molecule has 0 saturated carbocycles. The average molecular weight is 420 g/mol. The van der Waals surface area contributed by atoms with Gasteiger partial charge in [0.25, 0.3) is 0 Å². The summed E-state index contributed by atoms with van der Waals surface area (Å²) in [5.41, 5.74) is 1.68. The van der Waals surface area contributed by atoms with Crippen molar-refractivity contribution in [3.05, 3.63) is 83.7 Å². The molecule has 0 bridgehead atoms. The Kier molecular flexibility index (Phi) is 6.57. The maximum Gasteiger partial charge on any atom is 0.237 e. The third-order valence-corrected chi connectivity index (χ3v) is 5.69. The molecule has 3 aromatic carbocycles. The largest absolute Gasteiger partial charge is 0.356 e. The minimum atomic E-state index is -0.520. The Morgan fingerprint density at radius 2 is 1.84 bits per heavy atom. The average Bonchev–Trinajstić information content (AvgIpc) is 2.77. The van der Waals surface area contributed by atoms with Crippen molar-refractivity contribution in [2.75, 3.05) is 19.6 Å². The number of hydrogen-bond acceptors (Lipinski definition) is 3. The fourth-order valence-corrected chi connectivity index (χ4v) is 4.03. The molecule has 2 N–H and O–H groups in total. The first kappa shape index (κ1) is 21.0. The van der Waals surface area contributed by atoms with Gasteiger partial charge < -0.3 is 10.6 Å². The van der Waals surface area contributed by atoms with Crippen molar-refractivity contribution in [3.63, 3.8) is 0 Å². The van der Waals surface area contributed by atoms with Crippen LogP contribution < -0.4 is 10.6 Å². The molecule has 31 heavy (non-hydrogen) atoms. The Labute approximate surface area is 181 Å². The molecule has 2 amide bonds. The molecule has 0 radical (unpaired) electrons. The molecule has 1 fully saturated rings. The number of piperazine rings is 1. The van der Waals surface area contributed by atoms with E-state index in [4.69, 9.17) is 0 Å². The zero-order chi connectivity index (χ0) is 21.6. The van der Waals surface area contributed by atoms with Crippen LogP contribution in [0.3, 0.4) is 0 Å². The second-order valence-corrected chi connectivity index (χ2v) is 7.85. The van der Waals surface area contributed by atoms with Crippen LogP contribution in [0.15, 0.2) is 66.7 Å². The van der Waals surface area contributed by atoms with Crippen molar-refractivity contribution >= 4 is 22.6 Å². The van der Waals surface area contributed by atoms with Crippen LogP contribution in [0, 0.1) is 5.82 Å². The summed E-state index contributed by atoms with van der Waals surface area (Å²) in [4.78, 5) is 27.0. The Balaban J connectivity index is 1.37. The van der Waals surface area contributed by atoms with Gasteiger partial charge in [0, 0.05) is 26.2 Å². The number of carbonyl (C=O) groups is 2. The van der Waals surface area contributed by atoms with Crippen LogP contribution in [0.5, 0.6) is 0 Å². The van der Waals surface area contributed by atoms with E-state index in [0.29, 0.717) is 38.2 Å². The normalized spacial score (nSPS) is 16.8. The second-order valence-electron chi connectivity index (χ2n) is 7.85. The minimum absolute atomic E-state index is 0.0800. The number of halogens is 1. The second kappa shape index (κ2) is 9.71. The molecule has 1 aliphatic heterocycles. The van der Waals surface area contributed by atoms with E-state index in [1.165, 1.54) is 11.5 Å². The Morgan fingerprint density at radius 3 is 2.68 bits per heavy atom. The number of hydrogen-bond donors (Lipinski definition) is 2. The van der Waals surface area contributed by atoms with E-state index in [9.17, 15) is 14.0 Å². The quantitative estimate of drug-likeness (QED) is 0.619. The van der Waals surface area contributed by atoms with E-state index in [0.717, 1.165) is 10.9 Å². The molecular weight excluding hydrogens is 393 g/mol. The van der Waals surface area contributed by atoms with Gasteiger partial charge in [-0.25, -0.2) is 4.39 Å². The number of nitrogens with zero attached hydrogens (tertiary/aromatic N) is 1. The zero-order valence-corrected chi connectivity index (χ0v) is 17.3. The smallest absolute Gasteiger partial charge is 0.237 e. The van der Waals surface area contributed by atoms with Crippen molar-refractivity contribution in [1.82, 2.24) is 15.5 Å². The molecule has 160 valence electrons. The van der Waals surface area contributed by atoms with E-state index in [1.54, 1.807) is 18.2 Å². The Bertz CT molecular complexity index is 1090. The van der Waals surface area contributed by atoms with Gasteiger partial charge in [0.15, 0.2) is 0 Å². The molecule has 0 spiro atoms. The van der Waals surface area contributed by atoms with Gasteiger partial charge in [-0.15, -0.1) is 0 Å². The fraction of sp³-hybridized carbons (Fsp3) is 0.280. The van der Waals surface area contributed by atoms with E-state index < -0.39 is 6.04 Å². The van der Waals surface area contributed by atoms with Crippen LogP contribution in [0.1, 0.15) is 17.5 Å². The van der Waals surface area contributed by atoms with Crippen LogP contribution in [0.25, 0.3) is 10.8 Å². The van der Waals surface area contributed by atoms with Gasteiger partial charge in [0.2, 0.25) is 11.8 Å². The molecule has 3 aromatic rings. The topological polar surface area (TPSA) is 61.4 Å². The lowest BCUT2D eigenvalue weighted by Gasteiger charge is -2.34. The third kappa shape index (κ3) is 5.27. The summed E-state index contributed by atoms with van der Waals surface area (Å²) in [6, 6.07) is 20.5. The molecule has 1 aliphatic rings. The lowest BCUT2D eigenvalue weighted by Crippen LogP contribution is -2.56. The monoisotopic (exact) mass is 419 g/mol. The van der Waals surface area contributed by atoms with Crippen molar-refractivity contribution < 1.29 is 14.0 Å². The number of rotatable bonds is 7. The highest BCUT2D eigenvalue weighted by Crippen LogP contribution is 2.19. The zero-order valence-electron chi connectivity index (χ0n) is 17.3. The van der Waals surface area contributed by atoms with E-state index in [2.05, 4.69) is 45.9 Å². The number of carbonyl (C=O) groups excluding carboxylic acids is 2. The summed E-state index contributed by atoms with van der Waals surface area (Å²) < 4.78 is 13.7. The van der Waals surface area contributed by atoms with Crippen LogP contribution in [0.4, 0.5) is 4.39 Å². The number of nitrogens with one attached hydrogen (secondary N) is 2.